The highest BCUT2D eigenvalue weighted by Gasteiger charge is 2.56. The van der Waals surface area contributed by atoms with E-state index in [0.29, 0.717) is 4.90 Å². The second kappa shape index (κ2) is 28.5. The summed E-state index contributed by atoms with van der Waals surface area (Å²) < 4.78 is 64.1. The maximum atomic E-state index is 14.5. The lowest BCUT2D eigenvalue weighted by atomic mass is 9.97. The van der Waals surface area contributed by atoms with Gasteiger partial charge in [0.2, 0.25) is 0 Å². The topological polar surface area (TPSA) is 212 Å². The summed E-state index contributed by atoms with van der Waals surface area (Å²) in [6, 6.07) is 64.6. The molecule has 0 N–H and O–H groups in total. The molecule has 18 heteroatoms. The van der Waals surface area contributed by atoms with E-state index in [1.807, 2.05) is 0 Å². The van der Waals surface area contributed by atoms with Gasteiger partial charge in [0.1, 0.15) is 24.3 Å². The number of esters is 7. The van der Waals surface area contributed by atoms with Gasteiger partial charge in [0.25, 0.3) is 0 Å². The Bertz CT molecular complexity index is 3510. The molecule has 85 heavy (non-hydrogen) atoms. The lowest BCUT2D eigenvalue weighted by Crippen LogP contribution is -2.64. The molecular formula is C67H54O17S. The van der Waals surface area contributed by atoms with Crippen LogP contribution in [0.15, 0.2) is 248 Å². The summed E-state index contributed by atoms with van der Waals surface area (Å²) in [7, 11) is 0. The van der Waals surface area contributed by atoms with Crippen molar-refractivity contribution in [3.05, 3.63) is 282 Å². The number of carbonyl (C=O) groups is 7. The fourth-order valence-electron chi connectivity index (χ4n) is 9.29. The predicted molar refractivity (Wildman–Crippen MR) is 306 cm³/mol. The van der Waals surface area contributed by atoms with Crippen LogP contribution >= 0.6 is 11.8 Å². The van der Waals surface area contributed by atoms with Crippen molar-refractivity contribution in [2.45, 2.75) is 65.5 Å². The van der Waals surface area contributed by atoms with Crippen molar-refractivity contribution in [1.29, 1.82) is 0 Å². The molecule has 2 fully saturated rings. The summed E-state index contributed by atoms with van der Waals surface area (Å²) in [5.41, 5.74) is -0.587. The van der Waals surface area contributed by atoms with Gasteiger partial charge in [-0.25, -0.2) is 33.6 Å². The Morgan fingerprint density at radius 3 is 0.918 bits per heavy atom. The van der Waals surface area contributed by atoms with Crippen LogP contribution in [0.4, 0.5) is 0 Å². The summed E-state index contributed by atoms with van der Waals surface area (Å²) in [6.07, 6.45) is -15.2. The smallest absolute Gasteiger partial charge is 0.338 e. The molecule has 0 unspecified atom stereocenters. The molecule has 0 spiro atoms. The summed E-state index contributed by atoms with van der Waals surface area (Å²) >= 11 is 1.10. The van der Waals surface area contributed by atoms with E-state index in [0.717, 1.165) is 11.8 Å². The highest BCUT2D eigenvalue weighted by Crippen LogP contribution is 2.40. The second-order valence-corrected chi connectivity index (χ2v) is 20.4. The van der Waals surface area contributed by atoms with Gasteiger partial charge in [0.05, 0.1) is 45.6 Å². The molecule has 0 amide bonds. The Morgan fingerprint density at radius 1 is 0.294 bits per heavy atom. The van der Waals surface area contributed by atoms with Crippen LogP contribution in [0, 0.1) is 0 Å². The van der Waals surface area contributed by atoms with Crippen molar-refractivity contribution in [1.82, 2.24) is 0 Å². The fraction of sp³-hybridized carbons (Fsp3) is 0.179. The van der Waals surface area contributed by atoms with E-state index in [2.05, 4.69) is 0 Å². The van der Waals surface area contributed by atoms with Gasteiger partial charge in [-0.2, -0.15) is 0 Å². The summed E-state index contributed by atoms with van der Waals surface area (Å²) in [5, 5.41) is 0. The van der Waals surface area contributed by atoms with Gasteiger partial charge in [-0.1, -0.05) is 157 Å². The molecule has 8 aromatic rings. The molecule has 2 aliphatic heterocycles. The minimum absolute atomic E-state index is 0.0505. The standard InChI is InChI=1S/C67H54O17S/c68-59(43-25-9-1-10-26-43)75-41-51-53(79-60(69)44-27-11-2-12-28-44)55(81-62(71)46-31-15-4-16-32-46)57(83-64(73)48-35-19-6-20-36-48)66(77-51)76-42-52-54(80-61(70)45-29-13-3-14-30-45)56(82-63(72)47-33-17-5-18-34-47)58(84-65(74)49-37-21-7-22-38-49)67(78-52)85-50-39-23-8-24-40-50/h1-40,51-58,66-67H,41-42H2/t51-,52-,53+,54+,55+,56+,57-,58-,66-,67+/m1/s1. The van der Waals surface area contributed by atoms with Crippen molar-refractivity contribution in [3.63, 3.8) is 0 Å². The molecule has 17 nitrogen and oxygen atoms in total. The average molecular weight is 1160 g/mol. The number of benzene rings is 8. The molecule has 0 aliphatic carbocycles. The highest BCUT2D eigenvalue weighted by atomic mass is 32.2. The van der Waals surface area contributed by atoms with Crippen molar-refractivity contribution in [2.24, 2.45) is 0 Å². The van der Waals surface area contributed by atoms with E-state index in [9.17, 15) is 33.6 Å². The molecule has 2 aliphatic rings. The lowest BCUT2D eigenvalue weighted by Gasteiger charge is -2.46. The third-order valence-corrected chi connectivity index (χ3v) is 14.7. The van der Waals surface area contributed by atoms with Gasteiger partial charge < -0.3 is 47.4 Å². The number of ether oxygens (including phenoxy) is 10. The number of rotatable bonds is 20. The van der Waals surface area contributed by atoms with Crippen LogP contribution in [0.3, 0.4) is 0 Å². The molecule has 10 atom stereocenters. The SMILES string of the molecule is O=C(OC[C@H]1O[C@@H](OC[C@H]2O[C@@H](Sc3ccccc3)[C@H](OC(=O)c3ccccc3)[C@@H](OC(=O)c3ccccc3)[C@H]2OC(=O)c2ccccc2)[C@H](OC(=O)c2ccccc2)[C@@H](OC(=O)c2ccccc2)[C@H]1OC(=O)c1ccccc1)c1ccccc1. The molecular weight excluding hydrogens is 1110 g/mol. The van der Waals surface area contributed by atoms with Crippen molar-refractivity contribution in [3.8, 4) is 0 Å². The quantitative estimate of drug-likeness (QED) is 0.0513. The fourth-order valence-corrected chi connectivity index (χ4v) is 10.4. The molecule has 2 heterocycles. The zero-order valence-electron chi connectivity index (χ0n) is 45.1. The van der Waals surface area contributed by atoms with E-state index in [1.165, 1.54) is 72.8 Å². The molecule has 430 valence electrons. The molecule has 0 radical (unpaired) electrons. The van der Waals surface area contributed by atoms with Crippen LogP contribution in [-0.4, -0.2) is 116 Å². The Labute approximate surface area is 492 Å². The highest BCUT2D eigenvalue weighted by molar-refractivity contribution is 7.99. The summed E-state index contributed by atoms with van der Waals surface area (Å²) in [4.78, 5) is 101. The first-order valence-corrected chi connectivity index (χ1v) is 27.9. The van der Waals surface area contributed by atoms with E-state index in [-0.39, 0.29) is 38.9 Å². The third kappa shape index (κ3) is 15.1. The maximum absolute atomic E-state index is 14.5. The van der Waals surface area contributed by atoms with Crippen molar-refractivity contribution < 1.29 is 80.9 Å². The van der Waals surface area contributed by atoms with Gasteiger partial charge in [0, 0.05) is 4.90 Å². The molecule has 0 bridgehead atoms. The van der Waals surface area contributed by atoms with Crippen LogP contribution in [0.2, 0.25) is 0 Å². The van der Waals surface area contributed by atoms with E-state index >= 15 is 0 Å². The Kier molecular flexibility index (Phi) is 19.6. The Morgan fingerprint density at radius 2 is 0.565 bits per heavy atom. The number of hydrogen-bond donors (Lipinski definition) is 0. The zero-order chi connectivity index (χ0) is 58.9. The molecule has 0 aromatic heterocycles. The summed E-state index contributed by atoms with van der Waals surface area (Å²) in [5.74, 6) is -6.23. The second-order valence-electron chi connectivity index (χ2n) is 19.2. The normalized spacial score (nSPS) is 21.6. The Hall–Kier alpha value is -9.72. The first-order valence-electron chi connectivity index (χ1n) is 27.0. The molecule has 0 saturated carbocycles. The third-order valence-electron chi connectivity index (χ3n) is 13.5. The van der Waals surface area contributed by atoms with Gasteiger partial charge in [-0.15, -0.1) is 0 Å². The first kappa shape index (κ1) is 58.5. The van der Waals surface area contributed by atoms with E-state index in [4.69, 9.17) is 47.4 Å². The van der Waals surface area contributed by atoms with Gasteiger partial charge in [-0.05, 0) is 97.1 Å². The number of hydrogen-bond acceptors (Lipinski definition) is 18. The van der Waals surface area contributed by atoms with Gasteiger partial charge in [-0.3, -0.25) is 0 Å². The van der Waals surface area contributed by atoms with Crippen molar-refractivity contribution in [2.75, 3.05) is 13.2 Å². The van der Waals surface area contributed by atoms with E-state index < -0.39 is 116 Å². The van der Waals surface area contributed by atoms with Gasteiger partial charge in [0.15, 0.2) is 42.9 Å². The molecule has 8 aromatic carbocycles. The molecule has 10 rings (SSSR count). The summed E-state index contributed by atoms with van der Waals surface area (Å²) in [6.45, 7) is -1.36. The maximum Gasteiger partial charge on any atom is 0.338 e. The van der Waals surface area contributed by atoms with E-state index in [1.54, 1.807) is 170 Å². The minimum Gasteiger partial charge on any atom is -0.459 e. The first-order chi connectivity index (χ1) is 41.6. The largest absolute Gasteiger partial charge is 0.459 e. The van der Waals surface area contributed by atoms with Crippen LogP contribution < -0.4 is 0 Å². The van der Waals surface area contributed by atoms with Gasteiger partial charge >= 0.3 is 41.8 Å². The lowest BCUT2D eigenvalue weighted by molar-refractivity contribution is -0.309. The van der Waals surface area contributed by atoms with Crippen LogP contribution in [0.25, 0.3) is 0 Å². The number of thioether (sulfide) groups is 1. The average Bonchev–Trinajstić information content (AvgIpc) is 3.12. The zero-order valence-corrected chi connectivity index (χ0v) is 45.9. The molecule has 2 saturated heterocycles. The monoisotopic (exact) mass is 1160 g/mol. The minimum atomic E-state index is -1.86. The number of carbonyl (C=O) groups excluding carboxylic acids is 7. The Balaban J connectivity index is 1.08. The predicted octanol–water partition coefficient (Wildman–Crippen LogP) is 10.5. The van der Waals surface area contributed by atoms with Crippen LogP contribution in [-0.2, 0) is 47.4 Å². The van der Waals surface area contributed by atoms with Crippen LogP contribution in [0.5, 0.6) is 0 Å². The van der Waals surface area contributed by atoms with Crippen LogP contribution in [0.1, 0.15) is 72.5 Å². The van der Waals surface area contributed by atoms with Crippen molar-refractivity contribution >= 4 is 53.5 Å².